The van der Waals surface area contributed by atoms with Crippen LogP contribution in [0.25, 0.3) is 0 Å². The molecule has 3 heterocycles. The Morgan fingerprint density at radius 3 is 2.92 bits per heavy atom. The number of hydrogen-bond acceptors (Lipinski definition) is 6. The standard InChI is InChI=1S/C17H19N7/c1-2-5-13(6-3-1)11-15-18-9-8-16(19-15)24-10-4-7-14(12-24)17-20-22-23-21-17/h1-3,5-6,8-9,14H,4,7,10-12H2,(H,20,21,22,23)/t14-/m0/s1. The van der Waals surface area contributed by atoms with Gasteiger partial charge in [0.2, 0.25) is 0 Å². The molecular formula is C17H19N7. The van der Waals surface area contributed by atoms with Crippen molar-refractivity contribution in [2.75, 3.05) is 18.0 Å². The average molecular weight is 321 g/mol. The fraction of sp³-hybridized carbons (Fsp3) is 0.353. The van der Waals surface area contributed by atoms with E-state index in [4.69, 9.17) is 4.98 Å². The van der Waals surface area contributed by atoms with Crippen molar-refractivity contribution >= 4 is 5.82 Å². The quantitative estimate of drug-likeness (QED) is 0.791. The molecule has 0 bridgehead atoms. The minimum Gasteiger partial charge on any atom is -0.356 e. The van der Waals surface area contributed by atoms with Gasteiger partial charge in [0, 0.05) is 31.6 Å². The molecule has 24 heavy (non-hydrogen) atoms. The van der Waals surface area contributed by atoms with Gasteiger partial charge >= 0.3 is 0 Å². The lowest BCUT2D eigenvalue weighted by atomic mass is 9.97. The van der Waals surface area contributed by atoms with Crippen molar-refractivity contribution in [3.05, 3.63) is 59.8 Å². The molecule has 1 saturated heterocycles. The Kier molecular flexibility index (Phi) is 4.14. The van der Waals surface area contributed by atoms with Gasteiger partial charge in [-0.3, -0.25) is 0 Å². The van der Waals surface area contributed by atoms with Crippen LogP contribution in [0.15, 0.2) is 42.6 Å². The van der Waals surface area contributed by atoms with E-state index in [9.17, 15) is 0 Å². The summed E-state index contributed by atoms with van der Waals surface area (Å²) in [7, 11) is 0. The summed E-state index contributed by atoms with van der Waals surface area (Å²) in [4.78, 5) is 11.5. The highest BCUT2D eigenvalue weighted by molar-refractivity contribution is 5.39. The van der Waals surface area contributed by atoms with Crippen molar-refractivity contribution in [2.24, 2.45) is 0 Å². The lowest BCUT2D eigenvalue weighted by Crippen LogP contribution is -2.35. The third kappa shape index (κ3) is 3.24. The second-order valence-corrected chi connectivity index (χ2v) is 6.05. The Bertz CT molecular complexity index is 773. The first-order valence-corrected chi connectivity index (χ1v) is 8.22. The number of piperidine rings is 1. The normalized spacial score (nSPS) is 17.8. The first kappa shape index (κ1) is 14.7. The Hall–Kier alpha value is -2.83. The van der Waals surface area contributed by atoms with E-state index in [2.05, 4.69) is 42.6 Å². The van der Waals surface area contributed by atoms with Gasteiger partial charge in [-0.15, -0.1) is 10.2 Å². The van der Waals surface area contributed by atoms with Gasteiger partial charge in [-0.1, -0.05) is 35.5 Å². The lowest BCUT2D eigenvalue weighted by Gasteiger charge is -2.32. The predicted octanol–water partition coefficient (Wildman–Crippen LogP) is 1.96. The van der Waals surface area contributed by atoms with Crippen LogP contribution in [0.2, 0.25) is 0 Å². The molecule has 0 amide bonds. The largest absolute Gasteiger partial charge is 0.356 e. The van der Waals surface area contributed by atoms with Gasteiger partial charge in [0.05, 0.1) is 0 Å². The molecule has 1 aromatic carbocycles. The molecule has 0 saturated carbocycles. The number of H-pyrrole nitrogens is 1. The van der Waals surface area contributed by atoms with Crippen molar-refractivity contribution in [3.63, 3.8) is 0 Å². The third-order valence-electron chi connectivity index (χ3n) is 4.37. The highest BCUT2D eigenvalue weighted by Gasteiger charge is 2.25. The molecule has 2 aromatic heterocycles. The van der Waals surface area contributed by atoms with Crippen molar-refractivity contribution in [2.45, 2.75) is 25.2 Å². The molecule has 1 aliphatic heterocycles. The number of anilines is 1. The van der Waals surface area contributed by atoms with Gasteiger partial charge in [-0.05, 0) is 24.5 Å². The molecule has 1 N–H and O–H groups in total. The van der Waals surface area contributed by atoms with E-state index in [-0.39, 0.29) is 0 Å². The molecule has 1 atom stereocenters. The van der Waals surface area contributed by atoms with E-state index in [1.54, 1.807) is 0 Å². The summed E-state index contributed by atoms with van der Waals surface area (Å²) < 4.78 is 0. The zero-order chi connectivity index (χ0) is 16.2. The molecule has 7 heteroatoms. The second-order valence-electron chi connectivity index (χ2n) is 6.05. The van der Waals surface area contributed by atoms with E-state index in [0.29, 0.717) is 5.92 Å². The molecule has 3 aromatic rings. The molecule has 0 unspecified atom stereocenters. The summed E-state index contributed by atoms with van der Waals surface area (Å²) in [6, 6.07) is 12.3. The average Bonchev–Trinajstić information content (AvgIpc) is 3.18. The van der Waals surface area contributed by atoms with Crippen molar-refractivity contribution in [1.29, 1.82) is 0 Å². The van der Waals surface area contributed by atoms with Gasteiger partial charge in [-0.25, -0.2) is 9.97 Å². The molecule has 0 aliphatic carbocycles. The summed E-state index contributed by atoms with van der Waals surface area (Å²) >= 11 is 0. The number of aromatic amines is 1. The van der Waals surface area contributed by atoms with E-state index in [1.807, 2.05) is 30.5 Å². The van der Waals surface area contributed by atoms with Crippen molar-refractivity contribution in [3.8, 4) is 0 Å². The van der Waals surface area contributed by atoms with Gasteiger partial charge in [0.15, 0.2) is 5.82 Å². The van der Waals surface area contributed by atoms with Crippen molar-refractivity contribution in [1.82, 2.24) is 30.6 Å². The molecule has 4 rings (SSSR count). The number of benzene rings is 1. The van der Waals surface area contributed by atoms with Gasteiger partial charge in [-0.2, -0.15) is 5.21 Å². The topological polar surface area (TPSA) is 83.5 Å². The first-order valence-electron chi connectivity index (χ1n) is 8.22. The number of nitrogens with one attached hydrogen (secondary N) is 1. The van der Waals surface area contributed by atoms with Crippen LogP contribution in [0.3, 0.4) is 0 Å². The number of hydrogen-bond donors (Lipinski definition) is 1. The molecular weight excluding hydrogens is 302 g/mol. The predicted molar refractivity (Wildman–Crippen MR) is 89.6 cm³/mol. The Morgan fingerprint density at radius 1 is 1.17 bits per heavy atom. The summed E-state index contributed by atoms with van der Waals surface area (Å²) in [5.41, 5.74) is 1.22. The van der Waals surface area contributed by atoms with Crippen LogP contribution >= 0.6 is 0 Å². The van der Waals surface area contributed by atoms with Crippen LogP contribution in [0, 0.1) is 0 Å². The van der Waals surface area contributed by atoms with E-state index in [0.717, 1.165) is 49.8 Å². The maximum atomic E-state index is 4.76. The monoisotopic (exact) mass is 321 g/mol. The maximum absolute atomic E-state index is 4.76. The number of tetrazole rings is 1. The van der Waals surface area contributed by atoms with E-state index >= 15 is 0 Å². The SMILES string of the molecule is c1ccc(Cc2nccc(N3CCC[C@H](c4nn[nH]n4)C3)n2)cc1. The molecule has 122 valence electrons. The highest BCUT2D eigenvalue weighted by Crippen LogP contribution is 2.26. The van der Waals surface area contributed by atoms with Gasteiger partial charge in [0.1, 0.15) is 11.6 Å². The highest BCUT2D eigenvalue weighted by atomic mass is 15.5. The maximum Gasteiger partial charge on any atom is 0.179 e. The number of aromatic nitrogens is 6. The molecule has 7 nitrogen and oxygen atoms in total. The van der Waals surface area contributed by atoms with Crippen LogP contribution in [-0.2, 0) is 6.42 Å². The second kappa shape index (κ2) is 6.74. The zero-order valence-corrected chi connectivity index (χ0v) is 13.3. The minimum atomic E-state index is 0.296. The smallest absolute Gasteiger partial charge is 0.179 e. The molecule has 1 aliphatic rings. The molecule has 1 fully saturated rings. The lowest BCUT2D eigenvalue weighted by molar-refractivity contribution is 0.488. The van der Waals surface area contributed by atoms with Gasteiger partial charge in [0.25, 0.3) is 0 Å². The zero-order valence-electron chi connectivity index (χ0n) is 13.3. The van der Waals surface area contributed by atoms with Crippen molar-refractivity contribution < 1.29 is 0 Å². The molecule has 0 radical (unpaired) electrons. The minimum absolute atomic E-state index is 0.296. The Morgan fingerprint density at radius 2 is 2.08 bits per heavy atom. The molecule has 0 spiro atoms. The summed E-state index contributed by atoms with van der Waals surface area (Å²) in [6.07, 6.45) is 4.77. The van der Waals surface area contributed by atoms with Crippen LogP contribution in [0.5, 0.6) is 0 Å². The summed E-state index contributed by atoms with van der Waals surface area (Å²) in [5.74, 6) is 2.91. The van der Waals surface area contributed by atoms with Crippen LogP contribution < -0.4 is 4.90 Å². The van der Waals surface area contributed by atoms with Crippen LogP contribution in [0.1, 0.15) is 36.0 Å². The van der Waals surface area contributed by atoms with Crippen LogP contribution in [0.4, 0.5) is 5.82 Å². The number of nitrogens with zero attached hydrogens (tertiary/aromatic N) is 6. The fourth-order valence-corrected chi connectivity index (χ4v) is 3.17. The Balaban J connectivity index is 1.50. The first-order chi connectivity index (χ1) is 11.9. The summed E-state index contributed by atoms with van der Waals surface area (Å²) in [6.45, 7) is 1.86. The van der Waals surface area contributed by atoms with E-state index in [1.165, 1.54) is 5.56 Å². The van der Waals surface area contributed by atoms with Gasteiger partial charge < -0.3 is 4.90 Å². The Labute approximate surface area is 140 Å². The number of rotatable bonds is 4. The van der Waals surface area contributed by atoms with Crippen LogP contribution in [-0.4, -0.2) is 43.7 Å². The fourth-order valence-electron chi connectivity index (χ4n) is 3.17. The summed E-state index contributed by atoms with van der Waals surface area (Å²) in [5, 5.41) is 14.5. The third-order valence-corrected chi connectivity index (χ3v) is 4.37. The van der Waals surface area contributed by atoms with E-state index < -0.39 is 0 Å².